The Morgan fingerprint density at radius 2 is 2.11 bits per heavy atom. The number of ether oxygens (including phenoxy) is 1. The molecule has 0 aliphatic carbocycles. The summed E-state index contributed by atoms with van der Waals surface area (Å²) >= 11 is 7.55. The molecule has 19 heavy (non-hydrogen) atoms. The van der Waals surface area contributed by atoms with E-state index < -0.39 is 0 Å². The molecular formula is C13H8ClFN2OS. The summed E-state index contributed by atoms with van der Waals surface area (Å²) in [6.07, 6.45) is 0. The molecule has 1 aromatic carbocycles. The maximum absolute atomic E-state index is 13.2. The molecule has 0 N–H and O–H groups in total. The van der Waals surface area contributed by atoms with Gasteiger partial charge in [0.05, 0.1) is 17.5 Å². The van der Waals surface area contributed by atoms with E-state index in [2.05, 4.69) is 9.97 Å². The van der Waals surface area contributed by atoms with Crippen molar-refractivity contribution in [1.82, 2.24) is 9.97 Å². The van der Waals surface area contributed by atoms with Crippen LogP contribution in [0.5, 0.6) is 5.75 Å². The lowest BCUT2D eigenvalue weighted by molar-refractivity contribution is 0.417. The summed E-state index contributed by atoms with van der Waals surface area (Å²) in [5.41, 5.74) is 0.615. The summed E-state index contributed by atoms with van der Waals surface area (Å²) in [5, 5.41) is 2.61. The van der Waals surface area contributed by atoms with Crippen LogP contribution in [0.1, 0.15) is 0 Å². The second-order valence-electron chi connectivity index (χ2n) is 3.85. The minimum Gasteiger partial charge on any atom is -0.496 e. The van der Waals surface area contributed by atoms with E-state index in [0.717, 1.165) is 10.6 Å². The molecule has 0 saturated heterocycles. The molecule has 96 valence electrons. The normalized spacial score (nSPS) is 10.9. The number of thiophene rings is 1. The van der Waals surface area contributed by atoms with Crippen LogP contribution >= 0.6 is 22.9 Å². The fraction of sp³-hybridized carbons (Fsp3) is 0.0769. The number of nitrogens with zero attached hydrogens (tertiary/aromatic N) is 2. The summed E-state index contributed by atoms with van der Waals surface area (Å²) in [7, 11) is 1.60. The summed E-state index contributed by atoms with van der Waals surface area (Å²) in [6.45, 7) is 0. The third kappa shape index (κ3) is 2.27. The van der Waals surface area contributed by atoms with E-state index in [0.29, 0.717) is 16.7 Å². The first kappa shape index (κ1) is 12.3. The van der Waals surface area contributed by atoms with Crippen LogP contribution in [0.4, 0.5) is 4.39 Å². The Morgan fingerprint density at radius 1 is 1.26 bits per heavy atom. The Bertz CT molecular complexity index is 759. The van der Waals surface area contributed by atoms with E-state index in [-0.39, 0.29) is 11.0 Å². The molecule has 3 aromatic rings. The van der Waals surface area contributed by atoms with E-state index in [9.17, 15) is 4.39 Å². The van der Waals surface area contributed by atoms with Crippen molar-refractivity contribution >= 4 is 33.8 Å². The van der Waals surface area contributed by atoms with Gasteiger partial charge in [0, 0.05) is 16.8 Å². The molecule has 0 amide bonds. The molecule has 3 rings (SSSR count). The van der Waals surface area contributed by atoms with Crippen LogP contribution in [0.15, 0.2) is 29.6 Å². The van der Waals surface area contributed by atoms with Crippen LogP contribution in [0, 0.1) is 5.82 Å². The average Bonchev–Trinajstić information content (AvgIpc) is 2.88. The van der Waals surface area contributed by atoms with Crippen molar-refractivity contribution in [2.24, 2.45) is 0 Å². The van der Waals surface area contributed by atoms with Gasteiger partial charge in [-0.05, 0) is 18.2 Å². The Kier molecular flexibility index (Phi) is 3.08. The molecule has 0 aliphatic rings. The van der Waals surface area contributed by atoms with Gasteiger partial charge in [0.15, 0.2) is 5.82 Å². The fourth-order valence-corrected chi connectivity index (χ4v) is 2.74. The van der Waals surface area contributed by atoms with Gasteiger partial charge in [-0.15, -0.1) is 11.3 Å². The van der Waals surface area contributed by atoms with E-state index in [1.807, 2.05) is 11.4 Å². The highest BCUT2D eigenvalue weighted by Gasteiger charge is 2.11. The van der Waals surface area contributed by atoms with Crippen LogP contribution in [0.25, 0.3) is 21.6 Å². The topological polar surface area (TPSA) is 35.0 Å². The third-order valence-corrected chi connectivity index (χ3v) is 3.84. The lowest BCUT2D eigenvalue weighted by Gasteiger charge is -2.02. The molecule has 2 heterocycles. The maximum Gasteiger partial charge on any atom is 0.171 e. The SMILES string of the molecule is COc1csc(-c2nc(Cl)c3cc(F)ccc3n2)c1. The van der Waals surface area contributed by atoms with Crippen molar-refractivity contribution in [3.63, 3.8) is 0 Å². The molecular weight excluding hydrogens is 287 g/mol. The molecule has 0 aliphatic heterocycles. The van der Waals surface area contributed by atoms with Crippen LogP contribution in [0.2, 0.25) is 5.15 Å². The molecule has 6 heteroatoms. The third-order valence-electron chi connectivity index (χ3n) is 2.64. The Labute approximate surface area is 117 Å². The van der Waals surface area contributed by atoms with Crippen LogP contribution in [0.3, 0.4) is 0 Å². The molecule has 0 spiro atoms. The predicted octanol–water partition coefficient (Wildman–Crippen LogP) is 4.16. The first-order valence-corrected chi connectivity index (χ1v) is 6.69. The quantitative estimate of drug-likeness (QED) is 0.666. The predicted molar refractivity (Wildman–Crippen MR) is 74.4 cm³/mol. The van der Waals surface area contributed by atoms with E-state index in [4.69, 9.17) is 16.3 Å². The summed E-state index contributed by atoms with van der Waals surface area (Å²) in [4.78, 5) is 9.44. The highest BCUT2D eigenvalue weighted by atomic mass is 35.5. The smallest absolute Gasteiger partial charge is 0.171 e. The molecule has 3 nitrogen and oxygen atoms in total. The standard InChI is InChI=1S/C13H8ClFN2OS/c1-18-8-5-11(19-6-8)13-16-10-3-2-7(15)4-9(10)12(14)17-13/h2-6H,1H3. The van der Waals surface area contributed by atoms with Crippen molar-refractivity contribution in [3.05, 3.63) is 40.6 Å². The Balaban J connectivity index is 2.17. The summed E-state index contributed by atoms with van der Waals surface area (Å²) < 4.78 is 18.3. The van der Waals surface area contributed by atoms with Gasteiger partial charge in [0.2, 0.25) is 0 Å². The van der Waals surface area contributed by atoms with Gasteiger partial charge in [0.25, 0.3) is 0 Å². The van der Waals surface area contributed by atoms with E-state index in [1.54, 1.807) is 13.2 Å². The minimum atomic E-state index is -0.358. The highest BCUT2D eigenvalue weighted by molar-refractivity contribution is 7.13. The van der Waals surface area contributed by atoms with Gasteiger partial charge >= 0.3 is 0 Å². The number of aromatic nitrogens is 2. The molecule has 0 fully saturated rings. The van der Waals surface area contributed by atoms with Crippen molar-refractivity contribution in [3.8, 4) is 16.5 Å². The molecule has 0 atom stereocenters. The number of benzene rings is 1. The average molecular weight is 295 g/mol. The monoisotopic (exact) mass is 294 g/mol. The van der Waals surface area contributed by atoms with E-state index >= 15 is 0 Å². The van der Waals surface area contributed by atoms with Gasteiger partial charge in [0.1, 0.15) is 16.7 Å². The number of halogens is 2. The lowest BCUT2D eigenvalue weighted by Crippen LogP contribution is -1.91. The lowest BCUT2D eigenvalue weighted by atomic mass is 10.2. The Morgan fingerprint density at radius 3 is 2.84 bits per heavy atom. The molecule has 0 bridgehead atoms. The number of hydrogen-bond acceptors (Lipinski definition) is 4. The number of hydrogen-bond donors (Lipinski definition) is 0. The van der Waals surface area contributed by atoms with Crippen LogP contribution in [-0.2, 0) is 0 Å². The maximum atomic E-state index is 13.2. The van der Waals surface area contributed by atoms with Crippen molar-refractivity contribution in [1.29, 1.82) is 0 Å². The summed E-state index contributed by atoms with van der Waals surface area (Å²) in [5.74, 6) is 0.903. The second-order valence-corrected chi connectivity index (χ2v) is 5.12. The van der Waals surface area contributed by atoms with Crippen molar-refractivity contribution in [2.75, 3.05) is 7.11 Å². The molecule has 2 aromatic heterocycles. The zero-order valence-corrected chi connectivity index (χ0v) is 11.4. The largest absolute Gasteiger partial charge is 0.496 e. The van der Waals surface area contributed by atoms with Crippen LogP contribution < -0.4 is 4.74 Å². The molecule has 0 saturated carbocycles. The van der Waals surface area contributed by atoms with Crippen LogP contribution in [-0.4, -0.2) is 17.1 Å². The van der Waals surface area contributed by atoms with Crippen molar-refractivity contribution < 1.29 is 9.13 Å². The number of fused-ring (bicyclic) bond motifs is 1. The first-order valence-electron chi connectivity index (χ1n) is 5.43. The minimum absolute atomic E-state index is 0.242. The Hall–Kier alpha value is -1.72. The molecule has 0 radical (unpaired) electrons. The van der Waals surface area contributed by atoms with Gasteiger partial charge in [-0.25, -0.2) is 14.4 Å². The zero-order valence-electron chi connectivity index (χ0n) is 9.85. The second kappa shape index (κ2) is 4.75. The first-order chi connectivity index (χ1) is 9.17. The van der Waals surface area contributed by atoms with Gasteiger partial charge in [-0.1, -0.05) is 11.6 Å². The molecule has 0 unspecified atom stereocenters. The van der Waals surface area contributed by atoms with E-state index in [1.165, 1.54) is 23.5 Å². The summed E-state index contributed by atoms with van der Waals surface area (Å²) in [6, 6.07) is 6.11. The number of methoxy groups -OCH3 is 1. The zero-order chi connectivity index (χ0) is 13.4. The van der Waals surface area contributed by atoms with Crippen molar-refractivity contribution in [2.45, 2.75) is 0 Å². The highest BCUT2D eigenvalue weighted by Crippen LogP contribution is 2.31. The van der Waals surface area contributed by atoms with Gasteiger partial charge in [-0.3, -0.25) is 0 Å². The fourth-order valence-electron chi connectivity index (χ4n) is 1.72. The number of rotatable bonds is 2. The van der Waals surface area contributed by atoms with Gasteiger partial charge < -0.3 is 4.74 Å². The van der Waals surface area contributed by atoms with Gasteiger partial charge in [-0.2, -0.15) is 0 Å².